The molecule has 0 spiro atoms. The summed E-state index contributed by atoms with van der Waals surface area (Å²) in [7, 11) is 0. The molecule has 9 heteroatoms. The van der Waals surface area contributed by atoms with Gasteiger partial charge >= 0.3 is 11.0 Å². The van der Waals surface area contributed by atoms with Crippen LogP contribution >= 0.6 is 22.7 Å². The van der Waals surface area contributed by atoms with Gasteiger partial charge in [-0.05, 0) is 30.7 Å². The van der Waals surface area contributed by atoms with Crippen LogP contribution in [-0.4, -0.2) is 23.4 Å². The van der Waals surface area contributed by atoms with Gasteiger partial charge in [-0.3, -0.25) is 14.9 Å². The summed E-state index contributed by atoms with van der Waals surface area (Å²) in [5, 5.41) is 13.8. The van der Waals surface area contributed by atoms with Crippen molar-refractivity contribution in [3.8, 4) is 10.4 Å². The topological polar surface area (TPSA) is 98.5 Å². The standard InChI is InChI=1S/C20H16N2O5S2/c1-2-27-20(24)15-12-16(13-6-4-3-5-7-13)29-19(15)21-17(23)10-8-14-9-11-18(28-14)22(25)26/h3-12H,2H2,1H3,(H,21,23)/b10-8+. The number of carbonyl (C=O) groups excluding carboxylic acids is 2. The van der Waals surface area contributed by atoms with Crippen LogP contribution in [0.5, 0.6) is 0 Å². The highest BCUT2D eigenvalue weighted by atomic mass is 32.1. The van der Waals surface area contributed by atoms with Crippen LogP contribution in [0.25, 0.3) is 16.5 Å². The second-order valence-electron chi connectivity index (χ2n) is 5.70. The first-order valence-electron chi connectivity index (χ1n) is 8.57. The minimum atomic E-state index is -0.515. The number of amides is 1. The molecule has 1 amide bonds. The molecule has 1 N–H and O–H groups in total. The average Bonchev–Trinajstić information content (AvgIpc) is 3.35. The third-order valence-corrected chi connectivity index (χ3v) is 5.82. The molecule has 0 aliphatic heterocycles. The van der Waals surface area contributed by atoms with Crippen LogP contribution in [0, 0.1) is 10.1 Å². The molecule has 148 valence electrons. The fraction of sp³-hybridized carbons (Fsp3) is 0.100. The van der Waals surface area contributed by atoms with Crippen molar-refractivity contribution in [1.29, 1.82) is 0 Å². The van der Waals surface area contributed by atoms with Crippen molar-refractivity contribution in [3.63, 3.8) is 0 Å². The molecule has 0 saturated heterocycles. The molecule has 2 aromatic heterocycles. The number of esters is 1. The predicted octanol–water partition coefficient (Wildman–Crippen LogP) is 5.21. The van der Waals surface area contributed by atoms with Gasteiger partial charge in [-0.15, -0.1) is 11.3 Å². The first-order chi connectivity index (χ1) is 14.0. The molecule has 0 aliphatic rings. The first kappa shape index (κ1) is 20.4. The molecule has 0 unspecified atom stereocenters. The number of hydrogen-bond acceptors (Lipinski definition) is 7. The van der Waals surface area contributed by atoms with Crippen LogP contribution in [0.1, 0.15) is 22.2 Å². The monoisotopic (exact) mass is 428 g/mol. The van der Waals surface area contributed by atoms with E-state index >= 15 is 0 Å². The van der Waals surface area contributed by atoms with Gasteiger partial charge in [0.15, 0.2) is 0 Å². The van der Waals surface area contributed by atoms with Crippen molar-refractivity contribution < 1.29 is 19.2 Å². The maximum absolute atomic E-state index is 12.3. The fourth-order valence-electron chi connectivity index (χ4n) is 2.43. The van der Waals surface area contributed by atoms with E-state index in [4.69, 9.17) is 4.74 Å². The minimum absolute atomic E-state index is 0.000384. The van der Waals surface area contributed by atoms with Crippen molar-refractivity contribution in [2.75, 3.05) is 11.9 Å². The van der Waals surface area contributed by atoms with E-state index in [1.807, 2.05) is 30.3 Å². The van der Waals surface area contributed by atoms with Crippen LogP contribution in [0.3, 0.4) is 0 Å². The molecule has 2 heterocycles. The van der Waals surface area contributed by atoms with E-state index in [9.17, 15) is 19.7 Å². The quantitative estimate of drug-likeness (QED) is 0.241. The SMILES string of the molecule is CCOC(=O)c1cc(-c2ccccc2)sc1NC(=O)/C=C/c1ccc([N+](=O)[O-])s1. The molecule has 0 fully saturated rings. The zero-order valence-corrected chi connectivity index (χ0v) is 16.9. The highest BCUT2D eigenvalue weighted by Crippen LogP contribution is 2.36. The van der Waals surface area contributed by atoms with Crippen molar-refractivity contribution in [1.82, 2.24) is 0 Å². The molecule has 0 radical (unpaired) electrons. The third-order valence-electron chi connectivity index (χ3n) is 3.71. The molecular weight excluding hydrogens is 412 g/mol. The zero-order chi connectivity index (χ0) is 20.8. The Kier molecular flexibility index (Phi) is 6.53. The van der Waals surface area contributed by atoms with Crippen molar-refractivity contribution >= 4 is 50.6 Å². The number of anilines is 1. The summed E-state index contributed by atoms with van der Waals surface area (Å²) in [4.78, 5) is 36.3. The summed E-state index contributed by atoms with van der Waals surface area (Å²) in [5.74, 6) is -0.966. The van der Waals surface area contributed by atoms with Crippen LogP contribution in [0.4, 0.5) is 10.0 Å². The number of rotatable bonds is 7. The molecule has 3 aromatic rings. The maximum Gasteiger partial charge on any atom is 0.341 e. The molecule has 0 saturated carbocycles. The molecule has 7 nitrogen and oxygen atoms in total. The number of ether oxygens (including phenoxy) is 1. The van der Waals surface area contributed by atoms with Crippen LogP contribution < -0.4 is 5.32 Å². The van der Waals surface area contributed by atoms with Gasteiger partial charge in [0.2, 0.25) is 5.91 Å². The largest absolute Gasteiger partial charge is 0.462 e. The summed E-state index contributed by atoms with van der Waals surface area (Å²) in [5.41, 5.74) is 1.20. The molecule has 0 aliphatic carbocycles. The number of nitrogens with zero attached hydrogens (tertiary/aromatic N) is 1. The smallest absolute Gasteiger partial charge is 0.341 e. The Labute approximate surface area is 174 Å². The van der Waals surface area contributed by atoms with Crippen LogP contribution in [0.15, 0.2) is 54.6 Å². The lowest BCUT2D eigenvalue weighted by Gasteiger charge is -2.03. The molecule has 0 atom stereocenters. The Morgan fingerprint density at radius 1 is 1.17 bits per heavy atom. The Bertz CT molecular complexity index is 1070. The van der Waals surface area contributed by atoms with Gasteiger partial charge in [0.05, 0.1) is 17.1 Å². The maximum atomic E-state index is 12.3. The van der Waals surface area contributed by atoms with Gasteiger partial charge < -0.3 is 10.1 Å². The van der Waals surface area contributed by atoms with E-state index in [-0.39, 0.29) is 17.2 Å². The molecule has 0 bridgehead atoms. The van der Waals surface area contributed by atoms with E-state index < -0.39 is 16.8 Å². The Hall–Kier alpha value is -3.30. The number of thiophene rings is 2. The number of hydrogen-bond donors (Lipinski definition) is 1. The highest BCUT2D eigenvalue weighted by molar-refractivity contribution is 7.20. The summed E-state index contributed by atoms with van der Waals surface area (Å²) < 4.78 is 5.09. The van der Waals surface area contributed by atoms with E-state index in [1.54, 1.807) is 19.1 Å². The molecule has 29 heavy (non-hydrogen) atoms. The number of carbonyl (C=O) groups is 2. The zero-order valence-electron chi connectivity index (χ0n) is 15.3. The molecule has 3 rings (SSSR count). The highest BCUT2D eigenvalue weighted by Gasteiger charge is 2.19. The number of nitrogens with one attached hydrogen (secondary N) is 1. The molecule has 1 aromatic carbocycles. The summed E-state index contributed by atoms with van der Waals surface area (Å²) >= 11 is 2.24. The van der Waals surface area contributed by atoms with Crippen molar-refractivity contribution in [2.24, 2.45) is 0 Å². The summed E-state index contributed by atoms with van der Waals surface area (Å²) in [6.45, 7) is 1.93. The van der Waals surface area contributed by atoms with Gasteiger partial charge in [-0.2, -0.15) is 0 Å². The Morgan fingerprint density at radius 2 is 1.93 bits per heavy atom. The minimum Gasteiger partial charge on any atom is -0.462 e. The predicted molar refractivity (Wildman–Crippen MR) is 114 cm³/mol. The van der Waals surface area contributed by atoms with E-state index in [1.165, 1.54) is 29.6 Å². The van der Waals surface area contributed by atoms with Gasteiger partial charge in [0, 0.05) is 21.9 Å². The van der Waals surface area contributed by atoms with Crippen LogP contribution in [-0.2, 0) is 9.53 Å². The van der Waals surface area contributed by atoms with Crippen molar-refractivity contribution in [3.05, 3.63) is 75.2 Å². The van der Waals surface area contributed by atoms with E-state index in [0.717, 1.165) is 21.8 Å². The first-order valence-corrected chi connectivity index (χ1v) is 10.2. The molecular formula is C20H16N2O5S2. The number of benzene rings is 1. The Balaban J connectivity index is 1.81. The second-order valence-corrected chi connectivity index (χ2v) is 7.84. The lowest BCUT2D eigenvalue weighted by molar-refractivity contribution is -0.380. The Morgan fingerprint density at radius 3 is 2.59 bits per heavy atom. The summed E-state index contributed by atoms with van der Waals surface area (Å²) in [6.07, 6.45) is 2.76. The average molecular weight is 428 g/mol. The van der Waals surface area contributed by atoms with E-state index in [2.05, 4.69) is 5.32 Å². The van der Waals surface area contributed by atoms with Gasteiger partial charge in [0.25, 0.3) is 0 Å². The normalized spacial score (nSPS) is 10.8. The number of nitro groups is 1. The lowest BCUT2D eigenvalue weighted by atomic mass is 10.1. The lowest BCUT2D eigenvalue weighted by Crippen LogP contribution is -2.11. The summed E-state index contributed by atoms with van der Waals surface area (Å²) in [6, 6.07) is 14.1. The van der Waals surface area contributed by atoms with Gasteiger partial charge in [0.1, 0.15) is 5.00 Å². The van der Waals surface area contributed by atoms with Crippen LogP contribution in [0.2, 0.25) is 0 Å². The second kappa shape index (κ2) is 9.26. The van der Waals surface area contributed by atoms with E-state index in [0.29, 0.717) is 9.88 Å². The van der Waals surface area contributed by atoms with Crippen molar-refractivity contribution in [2.45, 2.75) is 6.92 Å². The van der Waals surface area contributed by atoms with Gasteiger partial charge in [-0.1, -0.05) is 41.7 Å². The van der Waals surface area contributed by atoms with Gasteiger partial charge in [-0.25, -0.2) is 4.79 Å². The fourth-order valence-corrected chi connectivity index (χ4v) is 4.21. The third kappa shape index (κ3) is 5.15.